The van der Waals surface area contributed by atoms with Crippen LogP contribution in [0.1, 0.15) is 79.0 Å². The molecule has 1 aromatic carbocycles. The molecular weight excluding hydrogens is 411 g/mol. The second kappa shape index (κ2) is 5.83. The Hall–Kier alpha value is 0.470. The zero-order valence-corrected chi connectivity index (χ0v) is 18.6. The van der Waals surface area contributed by atoms with Gasteiger partial charge in [0.05, 0.1) is 5.02 Å². The fourth-order valence-corrected chi connectivity index (χ4v) is 7.06. The van der Waals surface area contributed by atoms with Crippen LogP contribution in [0.4, 0.5) is 0 Å². The molecule has 0 fully saturated rings. The lowest BCUT2D eigenvalue weighted by atomic mass is 9.75. The Kier molecular flexibility index (Phi) is 5.42. The van der Waals surface area contributed by atoms with Crippen molar-refractivity contribution in [2.45, 2.75) is 78.6 Å². The first kappa shape index (κ1) is 19.5. The number of halogens is 3. The maximum atomic E-state index is 6.85. The molecule has 120 valence electrons. The van der Waals surface area contributed by atoms with Gasteiger partial charge in [0.15, 0.2) is 0 Å². The van der Waals surface area contributed by atoms with Crippen LogP contribution < -0.4 is 0 Å². The molecule has 3 heteroatoms. The molecule has 0 nitrogen and oxygen atoms in total. The molecular formula is C18H27Br2Cl. The van der Waals surface area contributed by atoms with Gasteiger partial charge in [0.2, 0.25) is 0 Å². The van der Waals surface area contributed by atoms with Gasteiger partial charge in [-0.1, -0.05) is 106 Å². The fourth-order valence-electron chi connectivity index (χ4n) is 2.64. The molecule has 0 atom stereocenters. The predicted octanol–water partition coefficient (Wildman–Crippen LogP) is 7.76. The van der Waals surface area contributed by atoms with Crippen LogP contribution in [0.25, 0.3) is 0 Å². The number of benzene rings is 1. The first-order chi connectivity index (χ1) is 9.10. The number of rotatable bonds is 0. The third kappa shape index (κ3) is 3.87. The Balaban J connectivity index is 4.04. The molecule has 0 saturated heterocycles. The summed E-state index contributed by atoms with van der Waals surface area (Å²) in [7, 11) is 0. The van der Waals surface area contributed by atoms with Crippen molar-refractivity contribution < 1.29 is 0 Å². The standard InChI is InChI=1S/C18H27Br2Cl/c1-16(2,3)10-13(19)11(17(4,5)6)15(21)12(14(10)20)18(7,8)9/h1-9H3. The molecule has 0 spiro atoms. The van der Waals surface area contributed by atoms with Gasteiger partial charge in [-0.15, -0.1) is 0 Å². The van der Waals surface area contributed by atoms with Gasteiger partial charge in [-0.2, -0.15) is 0 Å². The smallest absolute Gasteiger partial charge is 0.0503 e. The average Bonchev–Trinajstić information content (AvgIpc) is 2.07. The first-order valence-electron chi connectivity index (χ1n) is 7.32. The van der Waals surface area contributed by atoms with E-state index in [2.05, 4.69) is 94.2 Å². The Morgan fingerprint density at radius 1 is 0.571 bits per heavy atom. The van der Waals surface area contributed by atoms with Crippen molar-refractivity contribution in [3.05, 3.63) is 30.7 Å². The second-order valence-electron chi connectivity index (χ2n) is 8.82. The molecule has 0 N–H and O–H groups in total. The van der Waals surface area contributed by atoms with E-state index in [9.17, 15) is 0 Å². The van der Waals surface area contributed by atoms with Crippen LogP contribution in [-0.4, -0.2) is 0 Å². The van der Waals surface area contributed by atoms with E-state index in [1.54, 1.807) is 0 Å². The molecule has 0 saturated carbocycles. The zero-order chi connectivity index (χ0) is 17.0. The maximum Gasteiger partial charge on any atom is 0.0503 e. The van der Waals surface area contributed by atoms with E-state index in [0.717, 1.165) is 14.0 Å². The summed E-state index contributed by atoms with van der Waals surface area (Å²) in [4.78, 5) is 0. The summed E-state index contributed by atoms with van der Waals surface area (Å²) >= 11 is 14.5. The van der Waals surface area contributed by atoms with Gasteiger partial charge in [0.25, 0.3) is 0 Å². The minimum absolute atomic E-state index is 0.0172. The molecule has 0 heterocycles. The van der Waals surface area contributed by atoms with Gasteiger partial charge in [0.1, 0.15) is 0 Å². The minimum atomic E-state index is -0.0172. The van der Waals surface area contributed by atoms with Crippen LogP contribution >= 0.6 is 43.5 Å². The van der Waals surface area contributed by atoms with Crippen LogP contribution in [0.3, 0.4) is 0 Å². The van der Waals surface area contributed by atoms with Crippen molar-refractivity contribution in [2.75, 3.05) is 0 Å². The van der Waals surface area contributed by atoms with E-state index >= 15 is 0 Å². The van der Waals surface area contributed by atoms with Gasteiger partial charge in [-0.05, 0) is 32.9 Å². The molecule has 0 amide bonds. The van der Waals surface area contributed by atoms with Crippen LogP contribution in [0.5, 0.6) is 0 Å². The van der Waals surface area contributed by atoms with E-state index in [1.165, 1.54) is 16.7 Å². The summed E-state index contributed by atoms with van der Waals surface area (Å²) in [5.41, 5.74) is 3.68. The predicted molar refractivity (Wildman–Crippen MR) is 103 cm³/mol. The van der Waals surface area contributed by atoms with Crippen LogP contribution in [0.15, 0.2) is 8.95 Å². The van der Waals surface area contributed by atoms with Gasteiger partial charge in [0, 0.05) is 8.95 Å². The Labute approximate surface area is 152 Å². The molecule has 21 heavy (non-hydrogen) atoms. The summed E-state index contributed by atoms with van der Waals surface area (Å²) in [6.45, 7) is 20.0. The van der Waals surface area contributed by atoms with Crippen molar-refractivity contribution in [1.82, 2.24) is 0 Å². The maximum absolute atomic E-state index is 6.85. The summed E-state index contributed by atoms with van der Waals surface area (Å²) in [5.74, 6) is 0. The molecule has 0 bridgehead atoms. The monoisotopic (exact) mass is 436 g/mol. The molecule has 0 aliphatic rings. The Morgan fingerprint density at radius 2 is 0.810 bits per heavy atom. The fraction of sp³-hybridized carbons (Fsp3) is 0.667. The van der Waals surface area contributed by atoms with Crippen molar-refractivity contribution in [1.29, 1.82) is 0 Å². The van der Waals surface area contributed by atoms with Crippen molar-refractivity contribution in [2.24, 2.45) is 0 Å². The van der Waals surface area contributed by atoms with Crippen LogP contribution in [0, 0.1) is 0 Å². The van der Waals surface area contributed by atoms with Crippen molar-refractivity contribution in [3.8, 4) is 0 Å². The number of hydrogen-bond donors (Lipinski definition) is 0. The third-order valence-corrected chi connectivity index (χ3v) is 5.53. The minimum Gasteiger partial charge on any atom is -0.0836 e. The molecule has 0 aliphatic heterocycles. The van der Waals surface area contributed by atoms with Crippen LogP contribution in [0.2, 0.25) is 5.02 Å². The largest absolute Gasteiger partial charge is 0.0836 e. The molecule has 1 aromatic rings. The lowest BCUT2D eigenvalue weighted by Crippen LogP contribution is -2.24. The first-order valence-corrected chi connectivity index (χ1v) is 9.28. The topological polar surface area (TPSA) is 0 Å². The summed E-state index contributed by atoms with van der Waals surface area (Å²) in [6, 6.07) is 0. The van der Waals surface area contributed by atoms with E-state index in [4.69, 9.17) is 11.6 Å². The van der Waals surface area contributed by atoms with E-state index in [0.29, 0.717) is 0 Å². The van der Waals surface area contributed by atoms with Gasteiger partial charge in [-0.3, -0.25) is 0 Å². The molecule has 0 radical (unpaired) electrons. The van der Waals surface area contributed by atoms with Crippen molar-refractivity contribution in [3.63, 3.8) is 0 Å². The van der Waals surface area contributed by atoms with E-state index < -0.39 is 0 Å². The highest BCUT2D eigenvalue weighted by atomic mass is 79.9. The Bertz CT molecular complexity index is 451. The van der Waals surface area contributed by atoms with Gasteiger partial charge in [-0.25, -0.2) is 0 Å². The SMILES string of the molecule is CC(C)(C)c1c(Cl)c(C(C)(C)C)c(Br)c(C(C)(C)C)c1Br. The molecule has 0 aromatic heterocycles. The highest BCUT2D eigenvalue weighted by Crippen LogP contribution is 2.50. The zero-order valence-electron chi connectivity index (χ0n) is 14.6. The van der Waals surface area contributed by atoms with E-state index in [1.807, 2.05) is 0 Å². The molecule has 1 rings (SSSR count). The summed E-state index contributed by atoms with van der Waals surface area (Å²) in [5, 5.41) is 0.877. The lowest BCUT2D eigenvalue weighted by Gasteiger charge is -2.35. The summed E-state index contributed by atoms with van der Waals surface area (Å²) < 4.78 is 2.26. The normalized spacial score (nSPS) is 13.7. The van der Waals surface area contributed by atoms with Crippen LogP contribution in [-0.2, 0) is 16.2 Å². The molecule has 0 unspecified atom stereocenters. The molecule has 0 aliphatic carbocycles. The second-order valence-corrected chi connectivity index (χ2v) is 10.8. The number of hydrogen-bond acceptors (Lipinski definition) is 0. The third-order valence-electron chi connectivity index (χ3n) is 3.57. The van der Waals surface area contributed by atoms with Gasteiger partial charge >= 0.3 is 0 Å². The quantitative estimate of drug-likeness (QED) is 0.388. The highest BCUT2D eigenvalue weighted by Gasteiger charge is 2.35. The van der Waals surface area contributed by atoms with Gasteiger partial charge < -0.3 is 0 Å². The van der Waals surface area contributed by atoms with Crippen molar-refractivity contribution >= 4 is 43.5 Å². The highest BCUT2D eigenvalue weighted by molar-refractivity contribution is 9.11. The Morgan fingerprint density at radius 3 is 1.00 bits per heavy atom. The average molecular weight is 439 g/mol. The van der Waals surface area contributed by atoms with E-state index in [-0.39, 0.29) is 16.2 Å². The lowest BCUT2D eigenvalue weighted by molar-refractivity contribution is 0.540. The summed E-state index contributed by atoms with van der Waals surface area (Å²) in [6.07, 6.45) is 0.